The molecule has 0 bridgehead atoms. The average molecular weight is 404 g/mol. The lowest BCUT2D eigenvalue weighted by Crippen LogP contribution is -2.39. The van der Waals surface area contributed by atoms with Crippen LogP contribution in [0.4, 0.5) is 0 Å². The normalized spacial score (nSPS) is 20.2. The Bertz CT molecular complexity index is 594. The summed E-state index contributed by atoms with van der Waals surface area (Å²) >= 11 is 0. The molecule has 1 atom stereocenters. The highest BCUT2D eigenvalue weighted by molar-refractivity contribution is 5.79. The summed E-state index contributed by atoms with van der Waals surface area (Å²) in [6.45, 7) is 4.04. The lowest BCUT2D eigenvalue weighted by molar-refractivity contribution is 0.0168. The molecule has 1 saturated heterocycles. The number of nitrogens with zero attached hydrogens (tertiary/aromatic N) is 1. The molecule has 2 fully saturated rings. The molecule has 1 aliphatic heterocycles. The zero-order valence-corrected chi connectivity index (χ0v) is 17.8. The van der Waals surface area contributed by atoms with Crippen LogP contribution in [-0.2, 0) is 15.9 Å². The van der Waals surface area contributed by atoms with Gasteiger partial charge in [0.2, 0.25) is 0 Å². The number of guanidine groups is 1. The van der Waals surface area contributed by atoms with Crippen LogP contribution in [0.2, 0.25) is 0 Å². The number of ether oxygens (including phenoxy) is 3. The lowest BCUT2D eigenvalue weighted by Gasteiger charge is -2.14. The molecular weight excluding hydrogens is 366 g/mol. The third kappa shape index (κ3) is 8.23. The lowest BCUT2D eigenvalue weighted by atomic mass is 10.1. The largest absolute Gasteiger partial charge is 0.490 e. The summed E-state index contributed by atoms with van der Waals surface area (Å²) in [4.78, 5) is 4.29. The number of nitrogens with one attached hydrogen (secondary N) is 2. The van der Waals surface area contributed by atoms with Crippen molar-refractivity contribution in [2.24, 2.45) is 4.99 Å². The van der Waals surface area contributed by atoms with Crippen molar-refractivity contribution in [1.82, 2.24) is 10.6 Å². The van der Waals surface area contributed by atoms with Gasteiger partial charge in [0.25, 0.3) is 0 Å². The van der Waals surface area contributed by atoms with Crippen molar-refractivity contribution in [2.45, 2.75) is 63.6 Å². The molecule has 0 radical (unpaired) electrons. The van der Waals surface area contributed by atoms with Gasteiger partial charge in [-0.25, -0.2) is 0 Å². The van der Waals surface area contributed by atoms with E-state index in [2.05, 4.69) is 39.9 Å². The first-order valence-electron chi connectivity index (χ1n) is 11.2. The molecule has 2 N–H and O–H groups in total. The molecule has 1 saturated carbocycles. The maximum Gasteiger partial charge on any atom is 0.190 e. The van der Waals surface area contributed by atoms with E-state index >= 15 is 0 Å². The first-order chi connectivity index (χ1) is 14.3. The molecule has 1 aliphatic carbocycles. The van der Waals surface area contributed by atoms with E-state index in [1.807, 2.05) is 0 Å². The molecule has 162 valence electrons. The third-order valence-electron chi connectivity index (χ3n) is 5.54. The molecule has 29 heavy (non-hydrogen) atoms. The van der Waals surface area contributed by atoms with Crippen LogP contribution in [0.3, 0.4) is 0 Å². The summed E-state index contributed by atoms with van der Waals surface area (Å²) in [5, 5.41) is 6.71. The highest BCUT2D eigenvalue weighted by atomic mass is 16.5. The quantitative estimate of drug-likeness (QED) is 0.337. The van der Waals surface area contributed by atoms with Gasteiger partial charge in [0.15, 0.2) is 5.96 Å². The van der Waals surface area contributed by atoms with Crippen LogP contribution in [0.15, 0.2) is 29.3 Å². The van der Waals surface area contributed by atoms with Crippen LogP contribution in [0.1, 0.15) is 50.5 Å². The predicted octanol–water partition coefficient (Wildman–Crippen LogP) is 3.30. The maximum atomic E-state index is 6.03. The smallest absolute Gasteiger partial charge is 0.190 e. The fraction of sp³-hybridized carbons (Fsp3) is 0.696. The van der Waals surface area contributed by atoms with E-state index in [0.717, 1.165) is 70.3 Å². The standard InChI is InChI=1S/C23H37N3O3/c1-24-23(25-14-5-16-27-18-22-8-4-17-28-22)26-15-13-19-9-11-21(12-10-19)29-20-6-2-3-7-20/h9-12,20,22H,2-8,13-18H2,1H3,(H2,24,25,26). The van der Waals surface area contributed by atoms with Gasteiger partial charge in [-0.05, 0) is 69.1 Å². The second-order valence-corrected chi connectivity index (χ2v) is 7.91. The first kappa shape index (κ1) is 21.9. The van der Waals surface area contributed by atoms with Gasteiger partial charge in [-0.15, -0.1) is 0 Å². The summed E-state index contributed by atoms with van der Waals surface area (Å²) in [6, 6.07) is 8.51. The van der Waals surface area contributed by atoms with Crippen molar-refractivity contribution in [3.63, 3.8) is 0 Å². The molecule has 0 spiro atoms. The van der Waals surface area contributed by atoms with Gasteiger partial charge in [0.05, 0.1) is 18.8 Å². The van der Waals surface area contributed by atoms with Crippen LogP contribution in [-0.4, -0.2) is 58.1 Å². The zero-order chi connectivity index (χ0) is 20.2. The molecule has 1 unspecified atom stereocenters. The second-order valence-electron chi connectivity index (χ2n) is 7.91. The highest BCUT2D eigenvalue weighted by Gasteiger charge is 2.16. The molecule has 6 heteroatoms. The minimum absolute atomic E-state index is 0.306. The third-order valence-corrected chi connectivity index (χ3v) is 5.54. The van der Waals surface area contributed by atoms with Crippen LogP contribution in [0.5, 0.6) is 5.75 Å². The van der Waals surface area contributed by atoms with Crippen molar-refractivity contribution >= 4 is 5.96 Å². The fourth-order valence-electron chi connectivity index (χ4n) is 3.85. The van der Waals surface area contributed by atoms with Gasteiger partial charge in [-0.1, -0.05) is 12.1 Å². The Kier molecular flexibility index (Phi) is 9.60. The van der Waals surface area contributed by atoms with Crippen molar-refractivity contribution < 1.29 is 14.2 Å². The topological polar surface area (TPSA) is 64.1 Å². The van der Waals surface area contributed by atoms with E-state index in [9.17, 15) is 0 Å². The summed E-state index contributed by atoms with van der Waals surface area (Å²) in [5.41, 5.74) is 1.30. The Morgan fingerprint density at radius 3 is 2.59 bits per heavy atom. The minimum Gasteiger partial charge on any atom is -0.490 e. The van der Waals surface area contributed by atoms with E-state index in [-0.39, 0.29) is 0 Å². The van der Waals surface area contributed by atoms with Crippen molar-refractivity contribution in [1.29, 1.82) is 0 Å². The molecule has 3 rings (SSSR count). The van der Waals surface area contributed by atoms with Crippen molar-refractivity contribution in [2.75, 3.05) is 40.0 Å². The van der Waals surface area contributed by atoms with E-state index < -0.39 is 0 Å². The van der Waals surface area contributed by atoms with Gasteiger partial charge in [-0.3, -0.25) is 4.99 Å². The van der Waals surface area contributed by atoms with Gasteiger partial charge >= 0.3 is 0 Å². The minimum atomic E-state index is 0.306. The van der Waals surface area contributed by atoms with E-state index in [0.29, 0.717) is 12.2 Å². The molecule has 2 aliphatic rings. The summed E-state index contributed by atoms with van der Waals surface area (Å²) in [6.07, 6.45) is 9.90. The fourth-order valence-corrected chi connectivity index (χ4v) is 3.85. The number of hydrogen-bond acceptors (Lipinski definition) is 4. The zero-order valence-electron chi connectivity index (χ0n) is 17.8. The van der Waals surface area contributed by atoms with Crippen molar-refractivity contribution in [3.05, 3.63) is 29.8 Å². The Morgan fingerprint density at radius 1 is 1.07 bits per heavy atom. The summed E-state index contributed by atoms with van der Waals surface area (Å²) < 4.78 is 17.3. The molecule has 6 nitrogen and oxygen atoms in total. The average Bonchev–Trinajstić information content (AvgIpc) is 3.44. The van der Waals surface area contributed by atoms with E-state index in [1.54, 1.807) is 7.05 Å². The monoisotopic (exact) mass is 403 g/mol. The second kappa shape index (κ2) is 12.7. The van der Waals surface area contributed by atoms with Crippen molar-refractivity contribution in [3.8, 4) is 5.75 Å². The Balaban J connectivity index is 1.23. The van der Waals surface area contributed by atoms with Gasteiger partial charge < -0.3 is 24.8 Å². The van der Waals surface area contributed by atoms with E-state index in [1.165, 1.54) is 31.2 Å². The van der Waals surface area contributed by atoms with Gasteiger partial charge in [0.1, 0.15) is 5.75 Å². The van der Waals surface area contributed by atoms with Crippen LogP contribution in [0, 0.1) is 0 Å². The predicted molar refractivity (Wildman–Crippen MR) is 117 cm³/mol. The number of aliphatic imine (C=N–C) groups is 1. The Labute approximate surface area is 175 Å². The number of benzene rings is 1. The molecule has 1 heterocycles. The van der Waals surface area contributed by atoms with Gasteiger partial charge in [0, 0.05) is 33.4 Å². The van der Waals surface area contributed by atoms with Crippen LogP contribution < -0.4 is 15.4 Å². The molecular formula is C23H37N3O3. The maximum absolute atomic E-state index is 6.03. The van der Waals surface area contributed by atoms with Crippen LogP contribution in [0.25, 0.3) is 0 Å². The van der Waals surface area contributed by atoms with Gasteiger partial charge in [-0.2, -0.15) is 0 Å². The molecule has 1 aromatic carbocycles. The highest BCUT2D eigenvalue weighted by Crippen LogP contribution is 2.24. The summed E-state index contributed by atoms with van der Waals surface area (Å²) in [7, 11) is 1.80. The number of rotatable bonds is 11. The summed E-state index contributed by atoms with van der Waals surface area (Å²) in [5.74, 6) is 1.83. The first-order valence-corrected chi connectivity index (χ1v) is 11.2. The SMILES string of the molecule is CN=C(NCCCOCC1CCCO1)NCCc1ccc(OC2CCCC2)cc1. The molecule has 1 aromatic rings. The Morgan fingerprint density at radius 2 is 1.86 bits per heavy atom. The molecule has 0 aromatic heterocycles. The Hall–Kier alpha value is -1.79. The number of hydrogen-bond donors (Lipinski definition) is 2. The van der Waals surface area contributed by atoms with E-state index in [4.69, 9.17) is 14.2 Å². The molecule has 0 amide bonds. The van der Waals surface area contributed by atoms with Crippen LogP contribution >= 0.6 is 0 Å².